The molecule has 2 bridgehead atoms. The molecule has 1 aromatic rings. The van der Waals surface area contributed by atoms with Gasteiger partial charge in [0.05, 0.1) is 0 Å². The van der Waals surface area contributed by atoms with E-state index < -0.39 is 0 Å². The number of benzene rings is 1. The average molecular weight is 380 g/mol. The summed E-state index contributed by atoms with van der Waals surface area (Å²) in [4.78, 5) is 28.8. The molecule has 0 spiro atoms. The molecule has 2 fully saturated rings. The molecule has 6 heteroatoms. The van der Waals surface area contributed by atoms with Crippen LogP contribution in [0.5, 0.6) is 0 Å². The first-order valence-electron chi connectivity index (χ1n) is 9.34. The number of carbonyl (C=O) groups excluding carboxylic acids is 2. The fraction of sp³-hybridized carbons (Fsp3) is 0.600. The van der Waals surface area contributed by atoms with Crippen molar-refractivity contribution in [3.8, 4) is 0 Å². The van der Waals surface area contributed by atoms with Crippen LogP contribution < -0.4 is 5.32 Å². The molecular formula is C20H30ClN3O2. The number of hydrogen-bond donors (Lipinski definition) is 1. The molecule has 2 heterocycles. The fourth-order valence-corrected chi connectivity index (χ4v) is 4.01. The average Bonchev–Trinajstić information content (AvgIpc) is 2.86. The van der Waals surface area contributed by atoms with Gasteiger partial charge >= 0.3 is 0 Å². The number of halogens is 1. The van der Waals surface area contributed by atoms with Crippen LogP contribution in [0.2, 0.25) is 0 Å². The Hall–Kier alpha value is -1.59. The van der Waals surface area contributed by atoms with Gasteiger partial charge in [-0.2, -0.15) is 0 Å². The van der Waals surface area contributed by atoms with Crippen LogP contribution in [-0.2, 0) is 11.3 Å². The highest BCUT2D eigenvalue weighted by Crippen LogP contribution is 2.29. The van der Waals surface area contributed by atoms with Crippen molar-refractivity contribution < 1.29 is 9.59 Å². The molecule has 26 heavy (non-hydrogen) atoms. The van der Waals surface area contributed by atoms with Crippen molar-refractivity contribution in [1.82, 2.24) is 15.1 Å². The molecular weight excluding hydrogens is 350 g/mol. The number of nitrogens with one attached hydrogen (secondary N) is 1. The predicted octanol–water partition coefficient (Wildman–Crippen LogP) is 2.69. The van der Waals surface area contributed by atoms with E-state index >= 15 is 0 Å². The lowest BCUT2D eigenvalue weighted by atomic mass is 10.1. The van der Waals surface area contributed by atoms with Gasteiger partial charge in [-0.3, -0.25) is 9.59 Å². The molecule has 2 atom stereocenters. The van der Waals surface area contributed by atoms with Crippen LogP contribution in [0.25, 0.3) is 0 Å². The lowest BCUT2D eigenvalue weighted by Gasteiger charge is -2.28. The van der Waals surface area contributed by atoms with Crippen LogP contribution in [0.4, 0.5) is 0 Å². The maximum atomic E-state index is 13.0. The van der Waals surface area contributed by atoms with Crippen LogP contribution in [0, 0.1) is 5.92 Å². The molecule has 2 aliphatic heterocycles. The highest BCUT2D eigenvalue weighted by Gasteiger charge is 2.38. The Kier molecular flexibility index (Phi) is 7.07. The van der Waals surface area contributed by atoms with Gasteiger partial charge in [0.15, 0.2) is 0 Å². The Labute approximate surface area is 162 Å². The summed E-state index contributed by atoms with van der Waals surface area (Å²) in [5.41, 5.74) is 1.80. The van der Waals surface area contributed by atoms with Crippen molar-refractivity contribution in [2.24, 2.45) is 5.92 Å². The van der Waals surface area contributed by atoms with E-state index in [0.29, 0.717) is 18.6 Å². The summed E-state index contributed by atoms with van der Waals surface area (Å²) in [6.45, 7) is 6.29. The van der Waals surface area contributed by atoms with Gasteiger partial charge in [-0.1, -0.05) is 26.0 Å². The topological polar surface area (TPSA) is 52.7 Å². The molecule has 144 valence electrons. The number of rotatable bonds is 4. The molecule has 2 saturated heterocycles. The van der Waals surface area contributed by atoms with Crippen LogP contribution in [0.3, 0.4) is 0 Å². The second kappa shape index (κ2) is 8.87. The third-order valence-corrected chi connectivity index (χ3v) is 5.38. The van der Waals surface area contributed by atoms with Crippen molar-refractivity contribution in [3.05, 3.63) is 35.4 Å². The first-order chi connectivity index (χ1) is 12.0. The van der Waals surface area contributed by atoms with Crippen LogP contribution in [0.15, 0.2) is 24.3 Å². The zero-order valence-electron chi connectivity index (χ0n) is 15.9. The molecule has 2 unspecified atom stereocenters. The van der Waals surface area contributed by atoms with Gasteiger partial charge in [-0.25, -0.2) is 0 Å². The molecule has 0 saturated carbocycles. The monoisotopic (exact) mass is 379 g/mol. The first kappa shape index (κ1) is 20.7. The van der Waals surface area contributed by atoms with Gasteiger partial charge in [-0.15, -0.1) is 12.4 Å². The highest BCUT2D eigenvalue weighted by molar-refractivity contribution is 5.95. The molecule has 2 amide bonds. The van der Waals surface area contributed by atoms with E-state index in [2.05, 4.69) is 10.2 Å². The summed E-state index contributed by atoms with van der Waals surface area (Å²) in [7, 11) is 1.82. The van der Waals surface area contributed by atoms with Gasteiger partial charge in [-0.05, 0) is 43.5 Å². The molecule has 5 nitrogen and oxygen atoms in total. The second-order valence-corrected chi connectivity index (χ2v) is 7.64. The normalized spacial score (nSPS) is 21.9. The van der Waals surface area contributed by atoms with Gasteiger partial charge in [0, 0.05) is 43.7 Å². The minimum atomic E-state index is -0.00188. The largest absolute Gasteiger partial charge is 0.341 e. The Balaban J connectivity index is 0.00000243. The van der Waals surface area contributed by atoms with Crippen LogP contribution >= 0.6 is 12.4 Å². The van der Waals surface area contributed by atoms with Gasteiger partial charge in [0.2, 0.25) is 5.91 Å². The highest BCUT2D eigenvalue weighted by atomic mass is 35.5. The molecule has 2 aliphatic rings. The number of fused-ring (bicyclic) bond motifs is 2. The standard InChI is InChI=1S/C20H29N3O2.ClH/c1-14(2)19(24)22(3)13-15-4-6-16(7-5-15)20(25)23-17-8-9-18(23)12-21-11-10-17;/h4-7,14,17-18,21H,8-13H2,1-3H3;1H. The lowest BCUT2D eigenvalue weighted by molar-refractivity contribution is -0.133. The number of nitrogens with zero attached hydrogens (tertiary/aromatic N) is 2. The van der Waals surface area contributed by atoms with E-state index in [1.807, 2.05) is 45.2 Å². The Morgan fingerprint density at radius 1 is 1.15 bits per heavy atom. The molecule has 1 N–H and O–H groups in total. The van der Waals surface area contributed by atoms with E-state index in [1.165, 1.54) is 0 Å². The fourth-order valence-electron chi connectivity index (χ4n) is 4.01. The van der Waals surface area contributed by atoms with E-state index in [1.54, 1.807) is 4.90 Å². The SMILES string of the molecule is CC(C)C(=O)N(C)Cc1ccc(C(=O)N2C3CCNCC2CC3)cc1.Cl. The molecule has 0 aromatic heterocycles. The number of carbonyl (C=O) groups is 2. The third-order valence-electron chi connectivity index (χ3n) is 5.38. The van der Waals surface area contributed by atoms with Gasteiger partial charge < -0.3 is 15.1 Å². The van der Waals surface area contributed by atoms with E-state index in [-0.39, 0.29) is 30.1 Å². The first-order valence-corrected chi connectivity index (χ1v) is 9.34. The molecule has 3 rings (SSSR count). The quantitative estimate of drug-likeness (QED) is 0.875. The minimum absolute atomic E-state index is 0. The molecule has 0 radical (unpaired) electrons. The van der Waals surface area contributed by atoms with Crippen molar-refractivity contribution >= 4 is 24.2 Å². The summed E-state index contributed by atoms with van der Waals surface area (Å²) in [6.07, 6.45) is 3.27. The lowest BCUT2D eigenvalue weighted by Crippen LogP contribution is -2.42. The van der Waals surface area contributed by atoms with Crippen molar-refractivity contribution in [1.29, 1.82) is 0 Å². The summed E-state index contributed by atoms with van der Waals surface area (Å²) >= 11 is 0. The Morgan fingerprint density at radius 2 is 1.81 bits per heavy atom. The van der Waals surface area contributed by atoms with E-state index in [0.717, 1.165) is 43.5 Å². The van der Waals surface area contributed by atoms with Crippen molar-refractivity contribution in [2.75, 3.05) is 20.1 Å². The third kappa shape index (κ3) is 4.38. The molecule has 1 aromatic carbocycles. The summed E-state index contributed by atoms with van der Waals surface area (Å²) in [5, 5.41) is 3.43. The summed E-state index contributed by atoms with van der Waals surface area (Å²) < 4.78 is 0. The summed E-state index contributed by atoms with van der Waals surface area (Å²) in [5.74, 6) is 0.279. The second-order valence-electron chi connectivity index (χ2n) is 7.64. The van der Waals surface area contributed by atoms with Crippen molar-refractivity contribution in [3.63, 3.8) is 0 Å². The minimum Gasteiger partial charge on any atom is -0.341 e. The van der Waals surface area contributed by atoms with Gasteiger partial charge in [0.1, 0.15) is 0 Å². The Bertz CT molecular complexity index is 618. The molecule has 0 aliphatic carbocycles. The van der Waals surface area contributed by atoms with Gasteiger partial charge in [0.25, 0.3) is 5.91 Å². The number of amides is 2. The zero-order chi connectivity index (χ0) is 18.0. The van der Waals surface area contributed by atoms with Crippen molar-refractivity contribution in [2.45, 2.75) is 51.7 Å². The Morgan fingerprint density at radius 3 is 2.46 bits per heavy atom. The van der Waals surface area contributed by atoms with Crippen LogP contribution in [-0.4, -0.2) is 53.8 Å². The van der Waals surface area contributed by atoms with E-state index in [4.69, 9.17) is 0 Å². The zero-order valence-corrected chi connectivity index (χ0v) is 16.7. The predicted molar refractivity (Wildman–Crippen MR) is 105 cm³/mol. The summed E-state index contributed by atoms with van der Waals surface area (Å²) in [6, 6.07) is 8.45. The smallest absolute Gasteiger partial charge is 0.254 e. The maximum absolute atomic E-state index is 13.0. The maximum Gasteiger partial charge on any atom is 0.254 e. The van der Waals surface area contributed by atoms with E-state index in [9.17, 15) is 9.59 Å². The van der Waals surface area contributed by atoms with Crippen LogP contribution in [0.1, 0.15) is 49.0 Å². The number of hydrogen-bond acceptors (Lipinski definition) is 3.